The molecule has 0 fully saturated rings. The third kappa shape index (κ3) is 6.58. The molecule has 0 aliphatic rings. The molecule has 0 unspecified atom stereocenters. The van der Waals surface area contributed by atoms with Crippen LogP contribution in [0, 0.1) is 0 Å². The Morgan fingerprint density at radius 2 is 2.11 bits per heavy atom. The van der Waals surface area contributed by atoms with Crippen LogP contribution in [-0.2, 0) is 20.9 Å². The van der Waals surface area contributed by atoms with E-state index in [1.807, 2.05) is 30.3 Å². The molecule has 0 aromatic heterocycles. The van der Waals surface area contributed by atoms with Crippen LogP contribution in [0.2, 0.25) is 0 Å². The Morgan fingerprint density at radius 1 is 1.37 bits per heavy atom. The van der Waals surface area contributed by atoms with Gasteiger partial charge in [-0.15, -0.1) is 6.58 Å². The third-order valence-electron chi connectivity index (χ3n) is 2.44. The Bertz CT molecular complexity index is 409. The van der Waals surface area contributed by atoms with Gasteiger partial charge in [0.25, 0.3) is 0 Å². The molecule has 0 saturated heterocycles. The van der Waals surface area contributed by atoms with Crippen LogP contribution in [0.1, 0.15) is 18.9 Å². The van der Waals surface area contributed by atoms with Gasteiger partial charge < -0.3 is 9.47 Å². The molecule has 0 N–H and O–H groups in total. The monoisotopic (exact) mass is 260 g/mol. The number of rotatable bonds is 8. The fourth-order valence-corrected chi connectivity index (χ4v) is 1.52. The van der Waals surface area contributed by atoms with Crippen molar-refractivity contribution in [2.45, 2.75) is 26.1 Å². The van der Waals surface area contributed by atoms with Crippen molar-refractivity contribution in [2.75, 3.05) is 6.61 Å². The van der Waals surface area contributed by atoms with E-state index in [-0.39, 0.29) is 12.1 Å². The van der Waals surface area contributed by atoms with Gasteiger partial charge >= 0.3 is 5.97 Å². The van der Waals surface area contributed by atoms with Gasteiger partial charge in [-0.3, -0.25) is 0 Å². The molecule has 0 aliphatic heterocycles. The minimum atomic E-state index is -0.347. The van der Waals surface area contributed by atoms with E-state index in [1.54, 1.807) is 19.1 Å². The maximum atomic E-state index is 11.2. The highest BCUT2D eigenvalue weighted by Crippen LogP contribution is 2.07. The van der Waals surface area contributed by atoms with Gasteiger partial charge in [-0.05, 0) is 25.0 Å². The summed E-state index contributed by atoms with van der Waals surface area (Å²) in [7, 11) is 0. The molecule has 3 heteroatoms. The normalized spacial score (nSPS) is 12.3. The molecule has 3 nitrogen and oxygen atoms in total. The summed E-state index contributed by atoms with van der Waals surface area (Å²) in [4.78, 5) is 11.2. The van der Waals surface area contributed by atoms with Crippen LogP contribution in [0.5, 0.6) is 0 Å². The second kappa shape index (κ2) is 9.11. The van der Waals surface area contributed by atoms with Gasteiger partial charge in [0.2, 0.25) is 0 Å². The van der Waals surface area contributed by atoms with Gasteiger partial charge in [0.15, 0.2) is 0 Å². The van der Waals surface area contributed by atoms with Gasteiger partial charge in [0.05, 0.1) is 19.3 Å². The number of esters is 1. The fraction of sp³-hybridized carbons (Fsp3) is 0.312. The molecule has 0 spiro atoms. The summed E-state index contributed by atoms with van der Waals surface area (Å²) < 4.78 is 10.6. The molecule has 0 radical (unpaired) electrons. The van der Waals surface area contributed by atoms with Crippen molar-refractivity contribution in [2.24, 2.45) is 0 Å². The zero-order valence-electron chi connectivity index (χ0n) is 11.2. The lowest BCUT2D eigenvalue weighted by molar-refractivity contribution is -0.137. The predicted molar refractivity (Wildman–Crippen MR) is 75.6 cm³/mol. The van der Waals surface area contributed by atoms with Crippen molar-refractivity contribution >= 4 is 5.97 Å². The third-order valence-corrected chi connectivity index (χ3v) is 2.44. The highest BCUT2D eigenvalue weighted by molar-refractivity contribution is 5.81. The minimum absolute atomic E-state index is 0.165. The average Bonchev–Trinajstić information content (AvgIpc) is 2.43. The lowest BCUT2D eigenvalue weighted by Crippen LogP contribution is -2.10. The van der Waals surface area contributed by atoms with E-state index in [1.165, 1.54) is 6.08 Å². The van der Waals surface area contributed by atoms with Crippen LogP contribution in [0.3, 0.4) is 0 Å². The number of ether oxygens (including phenoxy) is 2. The van der Waals surface area contributed by atoms with Gasteiger partial charge in [-0.1, -0.05) is 36.4 Å². The second-order valence-corrected chi connectivity index (χ2v) is 3.97. The van der Waals surface area contributed by atoms with Crippen molar-refractivity contribution in [1.82, 2.24) is 0 Å². The van der Waals surface area contributed by atoms with Gasteiger partial charge in [-0.25, -0.2) is 4.79 Å². The van der Waals surface area contributed by atoms with E-state index in [9.17, 15) is 4.79 Å². The quantitative estimate of drug-likeness (QED) is 0.409. The number of hydrogen-bond acceptors (Lipinski definition) is 3. The van der Waals surface area contributed by atoms with Crippen LogP contribution in [0.4, 0.5) is 0 Å². The summed E-state index contributed by atoms with van der Waals surface area (Å²) >= 11 is 0. The summed E-state index contributed by atoms with van der Waals surface area (Å²) in [6.45, 7) is 6.35. The first-order valence-electron chi connectivity index (χ1n) is 6.37. The molecule has 0 saturated carbocycles. The van der Waals surface area contributed by atoms with E-state index >= 15 is 0 Å². The lowest BCUT2D eigenvalue weighted by Gasteiger charge is -2.12. The van der Waals surface area contributed by atoms with E-state index in [0.717, 1.165) is 5.56 Å². The van der Waals surface area contributed by atoms with Crippen molar-refractivity contribution in [3.05, 3.63) is 60.7 Å². The minimum Gasteiger partial charge on any atom is -0.463 e. The van der Waals surface area contributed by atoms with Crippen LogP contribution in [0.25, 0.3) is 0 Å². The molecule has 1 rings (SSSR count). The molecule has 19 heavy (non-hydrogen) atoms. The Morgan fingerprint density at radius 3 is 2.74 bits per heavy atom. The van der Waals surface area contributed by atoms with E-state index in [0.29, 0.717) is 19.6 Å². The SMILES string of the molecule is C=CC[C@H](C=CC(=O)OCC)OCc1ccccc1. The largest absolute Gasteiger partial charge is 0.463 e. The molecular weight excluding hydrogens is 240 g/mol. The predicted octanol–water partition coefficient (Wildman–Crippen LogP) is 3.27. The molecule has 0 amide bonds. The summed E-state index contributed by atoms with van der Waals surface area (Å²) in [5.41, 5.74) is 1.10. The van der Waals surface area contributed by atoms with Gasteiger partial charge in [0.1, 0.15) is 0 Å². The first-order chi connectivity index (χ1) is 9.26. The number of carbonyl (C=O) groups is 1. The molecule has 1 aromatic rings. The standard InChI is InChI=1S/C16H20O3/c1-3-8-15(11-12-16(17)18-4-2)19-13-14-9-6-5-7-10-14/h3,5-7,9-12,15H,1,4,8,13H2,2H3/t15-/m1/s1. The van der Waals surface area contributed by atoms with Crippen LogP contribution in [-0.4, -0.2) is 18.7 Å². The highest BCUT2D eigenvalue weighted by atomic mass is 16.5. The van der Waals surface area contributed by atoms with Crippen LogP contribution in [0.15, 0.2) is 55.1 Å². The molecular formula is C16H20O3. The zero-order chi connectivity index (χ0) is 13.9. The molecule has 0 bridgehead atoms. The Hall–Kier alpha value is -1.87. The number of hydrogen-bond donors (Lipinski definition) is 0. The Balaban J connectivity index is 2.48. The van der Waals surface area contributed by atoms with Gasteiger partial charge in [-0.2, -0.15) is 0 Å². The van der Waals surface area contributed by atoms with Crippen molar-refractivity contribution in [3.63, 3.8) is 0 Å². The summed E-state index contributed by atoms with van der Waals surface area (Å²) in [5, 5.41) is 0. The zero-order valence-corrected chi connectivity index (χ0v) is 11.2. The Labute approximate surface area is 114 Å². The molecule has 0 aliphatic carbocycles. The summed E-state index contributed by atoms with van der Waals surface area (Å²) in [5.74, 6) is -0.347. The first kappa shape index (κ1) is 15.2. The van der Waals surface area contributed by atoms with Crippen molar-refractivity contribution in [1.29, 1.82) is 0 Å². The topological polar surface area (TPSA) is 35.5 Å². The lowest BCUT2D eigenvalue weighted by atomic mass is 10.2. The summed E-state index contributed by atoms with van der Waals surface area (Å²) in [6, 6.07) is 9.90. The highest BCUT2D eigenvalue weighted by Gasteiger charge is 2.04. The fourth-order valence-electron chi connectivity index (χ4n) is 1.52. The smallest absolute Gasteiger partial charge is 0.330 e. The summed E-state index contributed by atoms with van der Waals surface area (Å²) in [6.07, 6.45) is 5.38. The van der Waals surface area contributed by atoms with E-state index in [4.69, 9.17) is 9.47 Å². The Kier molecular flexibility index (Phi) is 7.28. The van der Waals surface area contributed by atoms with Crippen molar-refractivity contribution in [3.8, 4) is 0 Å². The molecule has 1 aromatic carbocycles. The molecule has 0 heterocycles. The van der Waals surface area contributed by atoms with Crippen LogP contribution < -0.4 is 0 Å². The van der Waals surface area contributed by atoms with Crippen molar-refractivity contribution < 1.29 is 14.3 Å². The molecule has 102 valence electrons. The second-order valence-electron chi connectivity index (χ2n) is 3.97. The molecule has 1 atom stereocenters. The number of carbonyl (C=O) groups excluding carboxylic acids is 1. The van der Waals surface area contributed by atoms with E-state index < -0.39 is 0 Å². The number of benzene rings is 1. The maximum Gasteiger partial charge on any atom is 0.330 e. The maximum absolute atomic E-state index is 11.2. The van der Waals surface area contributed by atoms with E-state index in [2.05, 4.69) is 6.58 Å². The van der Waals surface area contributed by atoms with Gasteiger partial charge in [0, 0.05) is 6.08 Å². The van der Waals surface area contributed by atoms with Crippen LogP contribution >= 0.6 is 0 Å². The first-order valence-corrected chi connectivity index (χ1v) is 6.37. The average molecular weight is 260 g/mol.